The smallest absolute Gasteiger partial charge is 0.0481 e. The van der Waals surface area contributed by atoms with Crippen molar-refractivity contribution in [3.63, 3.8) is 0 Å². The van der Waals surface area contributed by atoms with Crippen molar-refractivity contribution in [2.24, 2.45) is 7.05 Å². The molecule has 0 bridgehead atoms. The van der Waals surface area contributed by atoms with Crippen molar-refractivity contribution in [1.29, 1.82) is 0 Å². The van der Waals surface area contributed by atoms with E-state index in [1.54, 1.807) is 0 Å². The van der Waals surface area contributed by atoms with Gasteiger partial charge in [0.05, 0.1) is 0 Å². The van der Waals surface area contributed by atoms with E-state index in [0.717, 1.165) is 6.54 Å². The van der Waals surface area contributed by atoms with E-state index in [9.17, 15) is 0 Å². The summed E-state index contributed by atoms with van der Waals surface area (Å²) in [4.78, 5) is 2.44. The molecular weight excluding hydrogens is 232 g/mol. The molecule has 0 N–H and O–H groups in total. The molecular formula is C17H26N2. The summed E-state index contributed by atoms with van der Waals surface area (Å²) in [6, 6.07) is 8.67. The number of hydrogen-bond acceptors (Lipinski definition) is 1. The molecule has 0 amide bonds. The molecule has 0 aliphatic heterocycles. The molecule has 104 valence electrons. The highest BCUT2D eigenvalue weighted by Gasteiger charge is 2.07. The molecule has 1 heterocycles. The van der Waals surface area contributed by atoms with Gasteiger partial charge >= 0.3 is 0 Å². The predicted molar refractivity (Wildman–Crippen MR) is 83.4 cm³/mol. The number of benzene rings is 1. The third-order valence-electron chi connectivity index (χ3n) is 3.81. The summed E-state index contributed by atoms with van der Waals surface area (Å²) in [6.45, 7) is 4.51. The SMILES string of the molecule is CCCCCCN(C)Cc1cn(C)c2ccccc12. The van der Waals surface area contributed by atoms with Crippen LogP contribution in [0.25, 0.3) is 10.9 Å². The van der Waals surface area contributed by atoms with Crippen LogP contribution in [-0.4, -0.2) is 23.1 Å². The van der Waals surface area contributed by atoms with E-state index < -0.39 is 0 Å². The molecule has 0 unspecified atom stereocenters. The van der Waals surface area contributed by atoms with Crippen LogP contribution in [0.15, 0.2) is 30.5 Å². The highest BCUT2D eigenvalue weighted by Crippen LogP contribution is 2.21. The van der Waals surface area contributed by atoms with Crippen LogP contribution < -0.4 is 0 Å². The van der Waals surface area contributed by atoms with Crippen LogP contribution >= 0.6 is 0 Å². The molecule has 0 aliphatic rings. The van der Waals surface area contributed by atoms with Crippen molar-refractivity contribution in [3.05, 3.63) is 36.0 Å². The van der Waals surface area contributed by atoms with Crippen LogP contribution in [0.1, 0.15) is 38.2 Å². The summed E-state index contributed by atoms with van der Waals surface area (Å²) in [5, 5.41) is 1.39. The molecule has 0 fully saturated rings. The Balaban J connectivity index is 1.97. The quantitative estimate of drug-likeness (QED) is 0.676. The molecule has 0 saturated carbocycles. The molecule has 0 atom stereocenters. The molecule has 2 rings (SSSR count). The van der Waals surface area contributed by atoms with Crippen molar-refractivity contribution in [2.75, 3.05) is 13.6 Å². The molecule has 2 nitrogen and oxygen atoms in total. The zero-order valence-corrected chi connectivity index (χ0v) is 12.5. The Kier molecular flexibility index (Phi) is 5.03. The zero-order valence-electron chi connectivity index (χ0n) is 12.5. The number of unbranched alkanes of at least 4 members (excludes halogenated alkanes) is 3. The fraction of sp³-hybridized carbons (Fsp3) is 0.529. The van der Waals surface area contributed by atoms with E-state index in [-0.39, 0.29) is 0 Å². The fourth-order valence-electron chi connectivity index (χ4n) is 2.73. The predicted octanol–water partition coefficient (Wildman–Crippen LogP) is 4.19. The van der Waals surface area contributed by atoms with Gasteiger partial charge in [-0.25, -0.2) is 0 Å². The highest BCUT2D eigenvalue weighted by molar-refractivity contribution is 5.83. The van der Waals surface area contributed by atoms with Gasteiger partial charge in [0, 0.05) is 30.7 Å². The molecule has 0 saturated heterocycles. The first-order valence-corrected chi connectivity index (χ1v) is 7.44. The summed E-state index contributed by atoms with van der Waals surface area (Å²) in [6.07, 6.45) is 7.62. The number of rotatable bonds is 7. The number of fused-ring (bicyclic) bond motifs is 1. The van der Waals surface area contributed by atoms with Gasteiger partial charge in [-0.3, -0.25) is 0 Å². The minimum atomic E-state index is 1.05. The van der Waals surface area contributed by atoms with Gasteiger partial charge in [0.1, 0.15) is 0 Å². The van der Waals surface area contributed by atoms with Crippen molar-refractivity contribution in [3.8, 4) is 0 Å². The Morgan fingerprint density at radius 3 is 2.68 bits per heavy atom. The summed E-state index contributed by atoms with van der Waals surface area (Å²) >= 11 is 0. The lowest BCUT2D eigenvalue weighted by Gasteiger charge is -2.15. The van der Waals surface area contributed by atoms with E-state index in [1.165, 1.54) is 48.7 Å². The second-order valence-corrected chi connectivity index (χ2v) is 5.58. The lowest BCUT2D eigenvalue weighted by Crippen LogP contribution is -2.18. The van der Waals surface area contributed by atoms with Gasteiger partial charge < -0.3 is 9.47 Å². The summed E-state index contributed by atoms with van der Waals surface area (Å²) in [7, 11) is 4.36. The summed E-state index contributed by atoms with van der Waals surface area (Å²) in [5.74, 6) is 0. The standard InChI is InChI=1S/C17H26N2/c1-4-5-6-9-12-18(2)13-15-14-19(3)17-11-8-7-10-16(15)17/h7-8,10-11,14H,4-6,9,12-13H2,1-3H3. The maximum atomic E-state index is 2.44. The first-order chi connectivity index (χ1) is 9.22. The minimum Gasteiger partial charge on any atom is -0.350 e. The molecule has 1 aromatic carbocycles. The maximum absolute atomic E-state index is 2.44. The van der Waals surface area contributed by atoms with Crippen LogP contribution in [0.2, 0.25) is 0 Å². The third kappa shape index (κ3) is 3.60. The Morgan fingerprint density at radius 2 is 1.89 bits per heavy atom. The van der Waals surface area contributed by atoms with Crippen molar-refractivity contribution >= 4 is 10.9 Å². The fourth-order valence-corrected chi connectivity index (χ4v) is 2.73. The lowest BCUT2D eigenvalue weighted by molar-refractivity contribution is 0.318. The van der Waals surface area contributed by atoms with Crippen LogP contribution in [-0.2, 0) is 13.6 Å². The van der Waals surface area contributed by atoms with Crippen molar-refractivity contribution in [2.45, 2.75) is 39.2 Å². The van der Waals surface area contributed by atoms with Crippen LogP contribution in [0.5, 0.6) is 0 Å². The van der Waals surface area contributed by atoms with Gasteiger partial charge in [0.2, 0.25) is 0 Å². The second kappa shape index (κ2) is 6.76. The van der Waals surface area contributed by atoms with Crippen molar-refractivity contribution < 1.29 is 0 Å². The molecule has 2 aromatic rings. The zero-order chi connectivity index (χ0) is 13.7. The molecule has 1 aromatic heterocycles. The minimum absolute atomic E-state index is 1.05. The van der Waals surface area contributed by atoms with Crippen LogP contribution in [0.4, 0.5) is 0 Å². The summed E-state index contributed by atoms with van der Waals surface area (Å²) < 4.78 is 2.23. The van der Waals surface area contributed by atoms with Gasteiger partial charge in [-0.1, -0.05) is 44.4 Å². The number of nitrogens with zero attached hydrogens (tertiary/aromatic N) is 2. The Labute approximate surface area is 117 Å². The Bertz CT molecular complexity index is 513. The first kappa shape index (κ1) is 14.1. The molecule has 0 aliphatic carbocycles. The second-order valence-electron chi connectivity index (χ2n) is 5.58. The van der Waals surface area contributed by atoms with Gasteiger partial charge in [-0.2, -0.15) is 0 Å². The van der Waals surface area contributed by atoms with Gasteiger partial charge in [0.25, 0.3) is 0 Å². The number of aromatic nitrogens is 1. The van der Waals surface area contributed by atoms with E-state index in [1.807, 2.05) is 0 Å². The monoisotopic (exact) mass is 258 g/mol. The Morgan fingerprint density at radius 1 is 1.11 bits per heavy atom. The van der Waals surface area contributed by atoms with Crippen LogP contribution in [0.3, 0.4) is 0 Å². The third-order valence-corrected chi connectivity index (χ3v) is 3.81. The van der Waals surface area contributed by atoms with Gasteiger partial charge in [-0.05, 0) is 31.6 Å². The van der Waals surface area contributed by atoms with Crippen molar-refractivity contribution in [1.82, 2.24) is 9.47 Å². The van der Waals surface area contributed by atoms with E-state index >= 15 is 0 Å². The van der Waals surface area contributed by atoms with Gasteiger partial charge in [0.15, 0.2) is 0 Å². The molecule has 0 radical (unpaired) electrons. The van der Waals surface area contributed by atoms with E-state index in [4.69, 9.17) is 0 Å². The number of para-hydroxylation sites is 1. The topological polar surface area (TPSA) is 8.17 Å². The number of hydrogen-bond donors (Lipinski definition) is 0. The number of aryl methyl sites for hydroxylation is 1. The lowest BCUT2D eigenvalue weighted by atomic mass is 10.1. The Hall–Kier alpha value is -1.28. The van der Waals surface area contributed by atoms with Gasteiger partial charge in [-0.15, -0.1) is 0 Å². The van der Waals surface area contributed by atoms with E-state index in [2.05, 4.69) is 60.9 Å². The van der Waals surface area contributed by atoms with E-state index in [0.29, 0.717) is 0 Å². The average Bonchev–Trinajstić information content (AvgIpc) is 2.72. The molecule has 2 heteroatoms. The molecule has 0 spiro atoms. The molecule has 19 heavy (non-hydrogen) atoms. The normalized spacial score (nSPS) is 11.6. The average molecular weight is 258 g/mol. The summed E-state index contributed by atoms with van der Waals surface area (Å²) in [5.41, 5.74) is 2.77. The highest BCUT2D eigenvalue weighted by atomic mass is 15.1. The van der Waals surface area contributed by atoms with Crippen LogP contribution in [0, 0.1) is 0 Å². The maximum Gasteiger partial charge on any atom is 0.0481 e. The first-order valence-electron chi connectivity index (χ1n) is 7.44. The largest absolute Gasteiger partial charge is 0.350 e.